The lowest BCUT2D eigenvalue weighted by Crippen LogP contribution is -2.49. The zero-order valence-corrected chi connectivity index (χ0v) is 12.9. The number of carbonyl (C=O) groups is 2. The molecule has 0 spiro atoms. The standard InChI is InChI=1S/C17H23FN2O2/c1-12-8-9-20(15(10-12)11-19)17(22)7-6-16(21)13-2-4-14(18)5-3-13/h2-5,12,15H,6-11,19H2,1H3. The Morgan fingerprint density at radius 1 is 1.27 bits per heavy atom. The molecule has 4 nitrogen and oxygen atoms in total. The zero-order valence-electron chi connectivity index (χ0n) is 12.9. The first-order valence-electron chi connectivity index (χ1n) is 7.79. The Kier molecular flexibility index (Phi) is 5.66. The number of nitrogens with two attached hydrogens (primary N) is 1. The fourth-order valence-electron chi connectivity index (χ4n) is 2.95. The monoisotopic (exact) mass is 306 g/mol. The summed E-state index contributed by atoms with van der Waals surface area (Å²) < 4.78 is 12.8. The molecule has 5 heteroatoms. The van der Waals surface area contributed by atoms with Crippen LogP contribution in [0.5, 0.6) is 0 Å². The highest BCUT2D eigenvalue weighted by Gasteiger charge is 2.28. The fraction of sp³-hybridized carbons (Fsp3) is 0.529. The van der Waals surface area contributed by atoms with E-state index in [2.05, 4.69) is 6.92 Å². The molecule has 0 radical (unpaired) electrons. The molecule has 120 valence electrons. The first-order valence-corrected chi connectivity index (χ1v) is 7.79. The van der Waals surface area contributed by atoms with Gasteiger partial charge in [-0.15, -0.1) is 0 Å². The van der Waals surface area contributed by atoms with E-state index in [1.807, 2.05) is 4.90 Å². The van der Waals surface area contributed by atoms with Crippen LogP contribution in [0.15, 0.2) is 24.3 Å². The number of likely N-dealkylation sites (tertiary alicyclic amines) is 1. The number of amides is 1. The molecule has 1 amide bonds. The summed E-state index contributed by atoms with van der Waals surface area (Å²) in [5.74, 6) is 0.0557. The van der Waals surface area contributed by atoms with Crippen molar-refractivity contribution in [3.63, 3.8) is 0 Å². The second-order valence-electron chi connectivity index (χ2n) is 6.04. The number of nitrogens with zero attached hydrogens (tertiary/aromatic N) is 1. The molecule has 1 fully saturated rings. The molecular formula is C17H23FN2O2. The van der Waals surface area contributed by atoms with Crippen molar-refractivity contribution < 1.29 is 14.0 Å². The highest BCUT2D eigenvalue weighted by atomic mass is 19.1. The summed E-state index contributed by atoms with van der Waals surface area (Å²) in [7, 11) is 0. The summed E-state index contributed by atoms with van der Waals surface area (Å²) in [6, 6.07) is 5.50. The minimum atomic E-state index is -0.374. The van der Waals surface area contributed by atoms with Gasteiger partial charge in [0.2, 0.25) is 5.91 Å². The topological polar surface area (TPSA) is 63.4 Å². The number of benzene rings is 1. The number of hydrogen-bond donors (Lipinski definition) is 1. The van der Waals surface area contributed by atoms with E-state index in [0.717, 1.165) is 12.8 Å². The van der Waals surface area contributed by atoms with E-state index >= 15 is 0 Å². The summed E-state index contributed by atoms with van der Waals surface area (Å²) in [6.45, 7) is 3.34. The van der Waals surface area contributed by atoms with Gasteiger partial charge in [-0.1, -0.05) is 6.92 Å². The van der Waals surface area contributed by atoms with Gasteiger partial charge in [0.25, 0.3) is 0 Å². The van der Waals surface area contributed by atoms with Crippen LogP contribution in [0.4, 0.5) is 4.39 Å². The van der Waals surface area contributed by atoms with Crippen molar-refractivity contribution in [1.82, 2.24) is 4.90 Å². The van der Waals surface area contributed by atoms with Crippen molar-refractivity contribution in [3.05, 3.63) is 35.6 Å². The largest absolute Gasteiger partial charge is 0.338 e. The first-order chi connectivity index (χ1) is 10.5. The fourth-order valence-corrected chi connectivity index (χ4v) is 2.95. The third-order valence-corrected chi connectivity index (χ3v) is 4.30. The Bertz CT molecular complexity index is 530. The number of Topliss-reactive ketones (excluding diaryl/α,β-unsaturated/α-hetero) is 1. The van der Waals surface area contributed by atoms with Crippen molar-refractivity contribution in [1.29, 1.82) is 0 Å². The van der Waals surface area contributed by atoms with E-state index in [0.29, 0.717) is 24.6 Å². The molecular weight excluding hydrogens is 283 g/mol. The van der Waals surface area contributed by atoms with Crippen LogP contribution in [0.2, 0.25) is 0 Å². The minimum absolute atomic E-state index is 0.0159. The van der Waals surface area contributed by atoms with Crippen LogP contribution in [0.1, 0.15) is 43.0 Å². The second-order valence-corrected chi connectivity index (χ2v) is 6.04. The number of hydrogen-bond acceptors (Lipinski definition) is 3. The highest BCUT2D eigenvalue weighted by molar-refractivity contribution is 5.97. The molecule has 2 rings (SSSR count). The molecule has 2 N–H and O–H groups in total. The number of carbonyl (C=O) groups excluding carboxylic acids is 2. The van der Waals surface area contributed by atoms with Crippen LogP contribution in [-0.2, 0) is 4.79 Å². The van der Waals surface area contributed by atoms with Gasteiger partial charge in [-0.3, -0.25) is 9.59 Å². The molecule has 1 aliphatic heterocycles. The third-order valence-electron chi connectivity index (χ3n) is 4.30. The average molecular weight is 306 g/mol. The Morgan fingerprint density at radius 3 is 2.59 bits per heavy atom. The average Bonchev–Trinajstić information content (AvgIpc) is 2.52. The molecule has 2 unspecified atom stereocenters. The van der Waals surface area contributed by atoms with E-state index in [1.165, 1.54) is 24.3 Å². The molecule has 2 atom stereocenters. The maximum Gasteiger partial charge on any atom is 0.223 e. The number of ketones is 1. The summed E-state index contributed by atoms with van der Waals surface area (Å²) >= 11 is 0. The van der Waals surface area contributed by atoms with Crippen LogP contribution in [0.25, 0.3) is 0 Å². The van der Waals surface area contributed by atoms with Gasteiger partial charge in [0, 0.05) is 37.5 Å². The van der Waals surface area contributed by atoms with E-state index in [-0.39, 0.29) is 36.4 Å². The summed E-state index contributed by atoms with van der Waals surface area (Å²) in [5, 5.41) is 0. The van der Waals surface area contributed by atoms with Crippen LogP contribution in [0.3, 0.4) is 0 Å². The van der Waals surface area contributed by atoms with E-state index in [4.69, 9.17) is 5.73 Å². The quantitative estimate of drug-likeness (QED) is 0.850. The normalized spacial score (nSPS) is 21.7. The van der Waals surface area contributed by atoms with Crippen LogP contribution < -0.4 is 5.73 Å². The summed E-state index contributed by atoms with van der Waals surface area (Å²) in [6.07, 6.45) is 2.23. The Labute approximate surface area is 130 Å². The Hall–Kier alpha value is -1.75. The molecule has 1 saturated heterocycles. The van der Waals surface area contributed by atoms with E-state index in [9.17, 15) is 14.0 Å². The van der Waals surface area contributed by atoms with Crippen molar-refractivity contribution >= 4 is 11.7 Å². The number of halogens is 1. The van der Waals surface area contributed by atoms with Crippen LogP contribution in [-0.4, -0.2) is 35.7 Å². The van der Waals surface area contributed by atoms with Gasteiger partial charge in [-0.25, -0.2) is 4.39 Å². The molecule has 1 aromatic rings. The van der Waals surface area contributed by atoms with Crippen molar-refractivity contribution in [2.45, 2.75) is 38.6 Å². The van der Waals surface area contributed by atoms with Gasteiger partial charge in [0.1, 0.15) is 5.82 Å². The Morgan fingerprint density at radius 2 is 1.95 bits per heavy atom. The summed E-state index contributed by atoms with van der Waals surface area (Å²) in [5.41, 5.74) is 6.20. The van der Waals surface area contributed by atoms with Gasteiger partial charge in [0.05, 0.1) is 0 Å². The molecule has 0 aromatic heterocycles. The minimum Gasteiger partial charge on any atom is -0.338 e. The lowest BCUT2D eigenvalue weighted by Gasteiger charge is -2.38. The number of piperidine rings is 1. The smallest absolute Gasteiger partial charge is 0.223 e. The van der Waals surface area contributed by atoms with Crippen LogP contribution >= 0.6 is 0 Å². The highest BCUT2D eigenvalue weighted by Crippen LogP contribution is 2.23. The van der Waals surface area contributed by atoms with Gasteiger partial charge >= 0.3 is 0 Å². The third kappa shape index (κ3) is 4.13. The maximum absolute atomic E-state index is 12.8. The first kappa shape index (κ1) is 16.6. The zero-order chi connectivity index (χ0) is 16.1. The molecule has 1 heterocycles. The lowest BCUT2D eigenvalue weighted by atomic mass is 9.92. The van der Waals surface area contributed by atoms with Gasteiger partial charge in [0.15, 0.2) is 5.78 Å². The van der Waals surface area contributed by atoms with Crippen LogP contribution in [0, 0.1) is 11.7 Å². The predicted octanol–water partition coefficient (Wildman–Crippen LogP) is 2.37. The molecule has 1 aromatic carbocycles. The van der Waals surface area contributed by atoms with Gasteiger partial charge in [-0.05, 0) is 43.0 Å². The Balaban J connectivity index is 1.89. The summed E-state index contributed by atoms with van der Waals surface area (Å²) in [4.78, 5) is 26.2. The predicted molar refractivity (Wildman–Crippen MR) is 82.9 cm³/mol. The van der Waals surface area contributed by atoms with Gasteiger partial charge < -0.3 is 10.6 Å². The molecule has 0 aliphatic carbocycles. The van der Waals surface area contributed by atoms with Crippen molar-refractivity contribution in [3.8, 4) is 0 Å². The molecule has 0 saturated carbocycles. The molecule has 1 aliphatic rings. The SMILES string of the molecule is CC1CCN(C(=O)CCC(=O)c2ccc(F)cc2)C(CN)C1. The lowest BCUT2D eigenvalue weighted by molar-refractivity contribution is -0.135. The number of rotatable bonds is 5. The van der Waals surface area contributed by atoms with Crippen molar-refractivity contribution in [2.75, 3.05) is 13.1 Å². The molecule has 22 heavy (non-hydrogen) atoms. The second kappa shape index (κ2) is 7.49. The van der Waals surface area contributed by atoms with Gasteiger partial charge in [-0.2, -0.15) is 0 Å². The maximum atomic E-state index is 12.8. The molecule has 0 bridgehead atoms. The van der Waals surface area contributed by atoms with E-state index in [1.54, 1.807) is 0 Å². The van der Waals surface area contributed by atoms with E-state index < -0.39 is 0 Å². The van der Waals surface area contributed by atoms with Crippen molar-refractivity contribution in [2.24, 2.45) is 11.7 Å².